The highest BCUT2D eigenvalue weighted by atomic mass is 15.1. The van der Waals surface area contributed by atoms with Crippen molar-refractivity contribution in [1.29, 1.82) is 0 Å². The van der Waals surface area contributed by atoms with Gasteiger partial charge in [-0.15, -0.1) is 0 Å². The van der Waals surface area contributed by atoms with Gasteiger partial charge >= 0.3 is 0 Å². The van der Waals surface area contributed by atoms with Crippen LogP contribution in [0.25, 0.3) is 10.9 Å². The van der Waals surface area contributed by atoms with E-state index < -0.39 is 0 Å². The zero-order chi connectivity index (χ0) is 14.8. The van der Waals surface area contributed by atoms with Crippen LogP contribution < -0.4 is 0 Å². The predicted octanol–water partition coefficient (Wildman–Crippen LogP) is 3.27. The van der Waals surface area contributed by atoms with Crippen molar-refractivity contribution in [3.63, 3.8) is 0 Å². The first-order valence-corrected chi connectivity index (χ1v) is 7.89. The average Bonchev–Trinajstić information content (AvgIpc) is 2.76. The maximum absolute atomic E-state index is 6.14. The molecule has 0 saturated carbocycles. The van der Waals surface area contributed by atoms with Crippen LogP contribution in [0.15, 0.2) is 18.2 Å². The van der Waals surface area contributed by atoms with Crippen LogP contribution in [0.3, 0.4) is 0 Å². The van der Waals surface area contributed by atoms with E-state index in [0.717, 1.165) is 24.3 Å². The first-order chi connectivity index (χ1) is 10.1. The number of benzene rings is 1. The normalized spacial score (nSPS) is 17.0. The largest absolute Gasteiger partial charge is 0.358 e. The lowest BCUT2D eigenvalue weighted by Gasteiger charge is -2.26. The summed E-state index contributed by atoms with van der Waals surface area (Å²) >= 11 is 0. The number of H-pyrrole nitrogens is 1. The topological polar surface area (TPSA) is 22.3 Å². The third-order valence-corrected chi connectivity index (χ3v) is 4.33. The Kier molecular flexibility index (Phi) is 4.32. The van der Waals surface area contributed by atoms with Crippen LogP contribution in [-0.4, -0.2) is 42.0 Å². The van der Waals surface area contributed by atoms with Crippen molar-refractivity contribution < 1.29 is 0 Å². The van der Waals surface area contributed by atoms with Crippen molar-refractivity contribution in [2.45, 2.75) is 32.4 Å². The van der Waals surface area contributed by atoms with E-state index in [0.29, 0.717) is 0 Å². The third-order valence-electron chi connectivity index (χ3n) is 4.33. The molecule has 1 aliphatic rings. The van der Waals surface area contributed by atoms with Crippen LogP contribution >= 0.6 is 0 Å². The van der Waals surface area contributed by atoms with Gasteiger partial charge in [0.05, 0.1) is 0 Å². The number of nitrogens with one attached hydrogen (secondary N) is 1. The molecule has 0 atom stereocenters. The van der Waals surface area contributed by atoms with Gasteiger partial charge < -0.3 is 9.88 Å². The molecule has 1 saturated heterocycles. The van der Waals surface area contributed by atoms with E-state index in [4.69, 9.17) is 6.92 Å². The lowest BCUT2D eigenvalue weighted by atomic mass is 10.1. The van der Waals surface area contributed by atoms with Crippen molar-refractivity contribution in [3.8, 4) is 0 Å². The second-order valence-corrected chi connectivity index (χ2v) is 6.47. The Hall–Kier alpha value is -1.32. The van der Waals surface area contributed by atoms with E-state index in [1.165, 1.54) is 48.9 Å². The molecule has 0 bridgehead atoms. The molecule has 3 heteroatoms. The highest BCUT2D eigenvalue weighted by Gasteiger charge is 2.13. The summed E-state index contributed by atoms with van der Waals surface area (Å²) in [5.41, 5.74) is 4.56. The molecule has 1 aromatic heterocycles. The van der Waals surface area contributed by atoms with Gasteiger partial charge in [0.1, 0.15) is 0 Å². The number of aromatic amines is 1. The number of hydrogen-bond acceptors (Lipinski definition) is 2. The fourth-order valence-electron chi connectivity index (χ4n) is 3.28. The molecule has 0 aliphatic carbocycles. The fraction of sp³-hybridized carbons (Fsp3) is 0.500. The maximum atomic E-state index is 6.14. The molecular weight excluding hydrogens is 258 g/mol. The molecule has 0 spiro atoms. The number of hydrogen-bond donors (Lipinski definition) is 1. The summed E-state index contributed by atoms with van der Waals surface area (Å²) in [5, 5.41) is 1.27. The Morgan fingerprint density at radius 1 is 1.19 bits per heavy atom. The lowest BCUT2D eigenvalue weighted by Crippen LogP contribution is -2.29. The summed E-state index contributed by atoms with van der Waals surface area (Å²) in [6.07, 6.45) is 4.06. The molecule has 2 heterocycles. The van der Waals surface area contributed by atoms with Crippen LogP contribution in [0, 0.1) is 6.92 Å². The maximum Gasteiger partial charge on any atom is 0.0459 e. The number of fused-ring (bicyclic) bond motifs is 1. The summed E-state index contributed by atoms with van der Waals surface area (Å²) < 4.78 is 0. The summed E-state index contributed by atoms with van der Waals surface area (Å²) in [6.45, 7) is 10.5. The molecule has 3 rings (SSSR count). The van der Waals surface area contributed by atoms with Crippen LogP contribution in [0.5, 0.6) is 0 Å². The van der Waals surface area contributed by atoms with Crippen molar-refractivity contribution >= 4 is 10.9 Å². The first kappa shape index (κ1) is 14.6. The number of aromatic nitrogens is 1. The minimum atomic E-state index is 0.800. The summed E-state index contributed by atoms with van der Waals surface area (Å²) in [4.78, 5) is 8.03. The van der Waals surface area contributed by atoms with E-state index in [1.54, 1.807) is 0 Å². The van der Waals surface area contributed by atoms with Crippen molar-refractivity contribution in [2.75, 3.05) is 27.2 Å². The molecule has 1 aromatic carbocycles. The van der Waals surface area contributed by atoms with E-state index in [1.807, 2.05) is 0 Å². The lowest BCUT2D eigenvalue weighted by molar-refractivity contribution is 0.221. The molecule has 2 radical (unpaired) electrons. The molecule has 1 fully saturated rings. The van der Waals surface area contributed by atoms with E-state index in [2.05, 4.69) is 47.1 Å². The summed E-state index contributed by atoms with van der Waals surface area (Å²) in [6, 6.07) is 6.71. The van der Waals surface area contributed by atoms with Gasteiger partial charge in [0, 0.05) is 36.6 Å². The van der Waals surface area contributed by atoms with Gasteiger partial charge in [-0.3, -0.25) is 4.90 Å². The van der Waals surface area contributed by atoms with Crippen LogP contribution in [0.4, 0.5) is 0 Å². The van der Waals surface area contributed by atoms with Gasteiger partial charge in [0.15, 0.2) is 0 Å². The van der Waals surface area contributed by atoms with E-state index in [-0.39, 0.29) is 0 Å². The minimum Gasteiger partial charge on any atom is -0.358 e. The van der Waals surface area contributed by atoms with Crippen molar-refractivity contribution in [3.05, 3.63) is 41.9 Å². The Morgan fingerprint density at radius 3 is 2.67 bits per heavy atom. The smallest absolute Gasteiger partial charge is 0.0459 e. The standard InChI is InChI=1S/C18H25N3/c1-14-17(13-20(2)3)16-11-15(7-8-18(16)19-14)12-21-9-5-4-6-10-21/h1,7-8,11,19H,4-6,9-10,12-13H2,2-3H3. The van der Waals surface area contributed by atoms with Gasteiger partial charge in [0.25, 0.3) is 0 Å². The van der Waals surface area contributed by atoms with Gasteiger partial charge in [0.2, 0.25) is 0 Å². The van der Waals surface area contributed by atoms with E-state index >= 15 is 0 Å². The monoisotopic (exact) mass is 283 g/mol. The molecule has 112 valence electrons. The Bertz CT molecular complexity index is 606. The van der Waals surface area contributed by atoms with Crippen LogP contribution in [-0.2, 0) is 13.1 Å². The number of likely N-dealkylation sites (tertiary alicyclic amines) is 1. The summed E-state index contributed by atoms with van der Waals surface area (Å²) in [7, 11) is 4.16. The molecular formula is C18H25N3. The minimum absolute atomic E-state index is 0.800. The molecule has 2 aromatic rings. The third kappa shape index (κ3) is 3.30. The predicted molar refractivity (Wildman–Crippen MR) is 88.2 cm³/mol. The Labute approximate surface area is 127 Å². The van der Waals surface area contributed by atoms with Gasteiger partial charge in [-0.2, -0.15) is 0 Å². The van der Waals surface area contributed by atoms with Gasteiger partial charge in [-0.25, -0.2) is 0 Å². The van der Waals surface area contributed by atoms with Crippen LogP contribution in [0.2, 0.25) is 0 Å². The molecule has 1 aliphatic heterocycles. The zero-order valence-corrected chi connectivity index (χ0v) is 13.2. The molecule has 21 heavy (non-hydrogen) atoms. The molecule has 3 nitrogen and oxygen atoms in total. The molecule has 0 amide bonds. The summed E-state index contributed by atoms with van der Waals surface area (Å²) in [5.74, 6) is 0. The second kappa shape index (κ2) is 6.20. The highest BCUT2D eigenvalue weighted by molar-refractivity contribution is 5.85. The Morgan fingerprint density at radius 2 is 1.95 bits per heavy atom. The Balaban J connectivity index is 1.87. The number of rotatable bonds is 4. The fourth-order valence-corrected chi connectivity index (χ4v) is 3.28. The first-order valence-electron chi connectivity index (χ1n) is 7.89. The molecule has 1 N–H and O–H groups in total. The quantitative estimate of drug-likeness (QED) is 0.930. The second-order valence-electron chi connectivity index (χ2n) is 6.47. The zero-order valence-electron chi connectivity index (χ0n) is 13.2. The number of nitrogens with zero attached hydrogens (tertiary/aromatic N) is 2. The van der Waals surface area contributed by atoms with Gasteiger partial charge in [-0.1, -0.05) is 12.5 Å². The SMILES string of the molecule is [CH]c1[nH]c2ccc(CN3CCCCC3)cc2c1CN(C)C. The van der Waals surface area contributed by atoms with Crippen molar-refractivity contribution in [2.24, 2.45) is 0 Å². The van der Waals surface area contributed by atoms with Crippen molar-refractivity contribution in [1.82, 2.24) is 14.8 Å². The van der Waals surface area contributed by atoms with Crippen LogP contribution in [0.1, 0.15) is 36.1 Å². The van der Waals surface area contributed by atoms with Gasteiger partial charge in [-0.05, 0) is 63.3 Å². The highest BCUT2D eigenvalue weighted by Crippen LogP contribution is 2.25. The molecule has 0 unspecified atom stereocenters. The average molecular weight is 283 g/mol. The number of piperidine rings is 1. The van der Waals surface area contributed by atoms with E-state index in [9.17, 15) is 0 Å².